The molecule has 0 saturated heterocycles. The molecule has 234 valence electrons. The van der Waals surface area contributed by atoms with Gasteiger partial charge in [-0.15, -0.1) is 0 Å². The van der Waals surface area contributed by atoms with Gasteiger partial charge in [0.1, 0.15) is 17.2 Å². The molecule has 44 heavy (non-hydrogen) atoms. The molecule has 5 rings (SSSR count). The predicted molar refractivity (Wildman–Crippen MR) is 172 cm³/mol. The van der Waals surface area contributed by atoms with E-state index in [2.05, 4.69) is 16.6 Å². The van der Waals surface area contributed by atoms with Gasteiger partial charge in [-0.2, -0.15) is 8.78 Å². The molecule has 0 radical (unpaired) electrons. The van der Waals surface area contributed by atoms with E-state index < -0.39 is 17.9 Å². The Morgan fingerprint density at radius 1 is 0.955 bits per heavy atom. The number of amides is 1. The molecule has 2 fully saturated rings. The van der Waals surface area contributed by atoms with Crippen molar-refractivity contribution in [2.24, 2.45) is 22.6 Å². The second-order valence-corrected chi connectivity index (χ2v) is 12.8. The summed E-state index contributed by atoms with van der Waals surface area (Å²) in [7, 11) is 0. The monoisotopic (exact) mass is 621 g/mol. The fourth-order valence-corrected chi connectivity index (χ4v) is 6.40. The van der Waals surface area contributed by atoms with Crippen molar-refractivity contribution in [2.45, 2.75) is 81.2 Å². The first kappa shape index (κ1) is 32.1. The number of nitrogens with one attached hydrogen (secondary N) is 1. The molecule has 3 aromatic carbocycles. The Kier molecular flexibility index (Phi) is 11.1. The topological polar surface area (TPSA) is 85.9 Å². The van der Waals surface area contributed by atoms with Crippen LogP contribution in [0.3, 0.4) is 0 Å². The number of halogens is 2. The van der Waals surface area contributed by atoms with Gasteiger partial charge in [-0.25, -0.2) is 9.71 Å². The van der Waals surface area contributed by atoms with Crippen molar-refractivity contribution >= 4 is 23.6 Å². The van der Waals surface area contributed by atoms with E-state index in [1.54, 1.807) is 24.3 Å². The van der Waals surface area contributed by atoms with E-state index in [4.69, 9.17) is 15.2 Å². The second kappa shape index (κ2) is 15.1. The minimum absolute atomic E-state index is 0.146. The first-order valence-electron chi connectivity index (χ1n) is 15.5. The van der Waals surface area contributed by atoms with Gasteiger partial charge in [-0.1, -0.05) is 44.4 Å². The molecular weight excluding hydrogens is 580 g/mol. The molecule has 0 aromatic heterocycles. The first-order valence-corrected chi connectivity index (χ1v) is 16.3. The number of aliphatic imine (C=N–C) groups is 1. The Hall–Kier alpha value is -3.27. The van der Waals surface area contributed by atoms with E-state index in [1.165, 1.54) is 56.4 Å². The third-order valence-corrected chi connectivity index (χ3v) is 9.38. The van der Waals surface area contributed by atoms with Crippen molar-refractivity contribution in [1.29, 1.82) is 0 Å². The molecule has 3 unspecified atom stereocenters. The van der Waals surface area contributed by atoms with Crippen LogP contribution < -0.4 is 19.9 Å². The Morgan fingerprint density at radius 2 is 1.61 bits per heavy atom. The highest BCUT2D eigenvalue weighted by Gasteiger charge is 2.46. The Bertz CT molecular complexity index is 1380. The maximum atomic E-state index is 16.1. The number of rotatable bonds is 11. The van der Waals surface area contributed by atoms with Crippen LogP contribution in [0, 0.1) is 11.8 Å². The normalized spacial score (nSPS) is 21.1. The zero-order valence-electron chi connectivity index (χ0n) is 25.1. The van der Waals surface area contributed by atoms with Gasteiger partial charge in [-0.3, -0.25) is 4.79 Å². The number of benzene rings is 3. The fourth-order valence-electron chi connectivity index (χ4n) is 5.62. The zero-order chi connectivity index (χ0) is 30.9. The predicted octanol–water partition coefficient (Wildman–Crippen LogP) is 8.31. The fraction of sp³-hybridized carbons (Fsp3) is 0.429. The second-order valence-electron chi connectivity index (χ2n) is 11.9. The van der Waals surface area contributed by atoms with Crippen molar-refractivity contribution in [2.75, 3.05) is 6.61 Å². The number of nitrogens with two attached hydrogens (primary N) is 1. The lowest BCUT2D eigenvalue weighted by Crippen LogP contribution is -2.46. The summed E-state index contributed by atoms with van der Waals surface area (Å²) in [5.41, 5.74) is 6.45. The first-order chi connectivity index (χ1) is 21.3. The Balaban J connectivity index is 1.29. The van der Waals surface area contributed by atoms with Crippen molar-refractivity contribution in [1.82, 2.24) is 4.72 Å². The summed E-state index contributed by atoms with van der Waals surface area (Å²) in [5, 5.41) is 0. The van der Waals surface area contributed by atoms with Crippen LogP contribution in [0.25, 0.3) is 0 Å². The number of alkyl halides is 2. The van der Waals surface area contributed by atoms with Gasteiger partial charge < -0.3 is 15.2 Å². The number of ether oxygens (including phenoxy) is 2. The summed E-state index contributed by atoms with van der Waals surface area (Å²) in [6, 6.07) is 19.8. The third-order valence-electron chi connectivity index (χ3n) is 8.52. The van der Waals surface area contributed by atoms with Crippen LogP contribution in [0.1, 0.15) is 63.9 Å². The third kappa shape index (κ3) is 8.67. The Morgan fingerprint density at radius 3 is 2.30 bits per heavy atom. The van der Waals surface area contributed by atoms with Gasteiger partial charge in [0.25, 0.3) is 11.8 Å². The van der Waals surface area contributed by atoms with Gasteiger partial charge in [0.15, 0.2) is 6.04 Å². The molecule has 2 aliphatic rings. The highest BCUT2D eigenvalue weighted by Crippen LogP contribution is 2.36. The highest BCUT2D eigenvalue weighted by molar-refractivity contribution is 7.97. The number of para-hydroxylation sites is 1. The molecule has 0 spiro atoms. The summed E-state index contributed by atoms with van der Waals surface area (Å²) in [4.78, 5) is 18.3. The molecule has 3 N–H and O–H groups in total. The average Bonchev–Trinajstić information content (AvgIpc) is 3.04. The summed E-state index contributed by atoms with van der Waals surface area (Å²) in [6.07, 6.45) is 7.95. The van der Waals surface area contributed by atoms with Crippen LogP contribution in [0.4, 0.5) is 8.78 Å². The Labute approximate surface area is 263 Å². The molecule has 0 bridgehead atoms. The van der Waals surface area contributed by atoms with E-state index in [1.807, 2.05) is 30.3 Å². The van der Waals surface area contributed by atoms with Gasteiger partial charge in [0.05, 0.1) is 6.61 Å². The lowest BCUT2D eigenvalue weighted by Gasteiger charge is -2.28. The lowest BCUT2D eigenvalue weighted by molar-refractivity contribution is -0.130. The van der Waals surface area contributed by atoms with Gasteiger partial charge >= 0.3 is 0 Å². The smallest absolute Gasteiger partial charge is 0.298 e. The van der Waals surface area contributed by atoms with Crippen molar-refractivity contribution in [3.8, 4) is 17.2 Å². The van der Waals surface area contributed by atoms with E-state index in [-0.39, 0.29) is 11.6 Å². The van der Waals surface area contributed by atoms with Gasteiger partial charge in [-0.05, 0) is 110 Å². The highest BCUT2D eigenvalue weighted by atomic mass is 32.2. The van der Waals surface area contributed by atoms with Crippen LogP contribution in [-0.2, 0) is 10.7 Å². The van der Waals surface area contributed by atoms with E-state index >= 15 is 8.78 Å². The number of nitrogens with zero attached hydrogens (tertiary/aromatic N) is 1. The van der Waals surface area contributed by atoms with Crippen LogP contribution >= 0.6 is 11.9 Å². The van der Waals surface area contributed by atoms with Crippen molar-refractivity contribution in [3.63, 3.8) is 0 Å². The zero-order valence-corrected chi connectivity index (χ0v) is 25.9. The maximum absolute atomic E-state index is 16.1. The summed E-state index contributed by atoms with van der Waals surface area (Å²) >= 11 is 0.976. The molecule has 2 aliphatic carbocycles. The largest absolute Gasteiger partial charge is 0.493 e. The van der Waals surface area contributed by atoms with Crippen LogP contribution in [-0.4, -0.2) is 30.3 Å². The number of carbonyl (C=O) groups excluding carboxylic acids is 1. The standard InChI is InChI=1S/C35H41F2N3O3S/c1-24-12-15-27(22-32(24)38)39-34(41)33(35(36,37)26-13-16-30(17-14-26)43-29-10-6-3-7-11-29)40-44-31-20-18-28(19-21-31)42-23-25-8-4-2-5-9-25/h3,6-7,10-11,13-14,16-21,24-25,32-33,40H,2,4-5,8-9,12,15,22-23,38H2,1H3. The summed E-state index contributed by atoms with van der Waals surface area (Å²) in [6.45, 7) is 2.74. The maximum Gasteiger partial charge on any atom is 0.298 e. The van der Waals surface area contributed by atoms with E-state index in [9.17, 15) is 4.79 Å². The molecule has 0 heterocycles. The summed E-state index contributed by atoms with van der Waals surface area (Å²) < 4.78 is 46.7. The SMILES string of the molecule is CC1CCC(=NC(=O)C(NSc2ccc(OCC3CCCCC3)cc2)C(F)(F)c2ccc(Oc3ccccc3)cc2)CC1N. The van der Waals surface area contributed by atoms with Crippen LogP contribution in [0.2, 0.25) is 0 Å². The number of hydrogen-bond donors (Lipinski definition) is 2. The molecule has 1 amide bonds. The van der Waals surface area contributed by atoms with Gasteiger partial charge in [0.2, 0.25) is 0 Å². The molecule has 3 aromatic rings. The van der Waals surface area contributed by atoms with Crippen molar-refractivity contribution < 1.29 is 23.0 Å². The molecule has 3 atom stereocenters. The molecule has 2 saturated carbocycles. The van der Waals surface area contributed by atoms with Crippen LogP contribution in [0.5, 0.6) is 17.2 Å². The minimum atomic E-state index is -3.56. The quantitative estimate of drug-likeness (QED) is 0.210. The van der Waals surface area contributed by atoms with E-state index in [0.717, 1.165) is 24.1 Å². The molecule has 0 aliphatic heterocycles. The number of carbonyl (C=O) groups is 1. The summed E-state index contributed by atoms with van der Waals surface area (Å²) in [5.74, 6) is -1.86. The molecule has 9 heteroatoms. The van der Waals surface area contributed by atoms with Crippen LogP contribution in [0.15, 0.2) is 88.8 Å². The van der Waals surface area contributed by atoms with Crippen molar-refractivity contribution in [3.05, 3.63) is 84.4 Å². The number of hydrogen-bond acceptors (Lipinski definition) is 6. The van der Waals surface area contributed by atoms with E-state index in [0.29, 0.717) is 53.4 Å². The average molecular weight is 622 g/mol. The lowest BCUT2D eigenvalue weighted by atomic mass is 9.85. The van der Waals surface area contributed by atoms with Gasteiger partial charge in [0, 0.05) is 28.6 Å². The molecular formula is C35H41F2N3O3S. The minimum Gasteiger partial charge on any atom is -0.493 e. The molecule has 6 nitrogen and oxygen atoms in total.